The number of hydrogen-bond donors (Lipinski definition) is 2. The Labute approximate surface area is 231 Å². The molecule has 0 radical (unpaired) electrons. The van der Waals surface area contributed by atoms with Gasteiger partial charge in [-0.3, -0.25) is 0 Å². The third-order valence-electron chi connectivity index (χ3n) is 7.00. The Morgan fingerprint density at radius 2 is 1.49 bits per heavy atom. The van der Waals surface area contributed by atoms with Gasteiger partial charge < -0.3 is 19.3 Å². The number of aromatic nitrogens is 2. The van der Waals surface area contributed by atoms with Crippen LogP contribution < -0.4 is 15.7 Å². The van der Waals surface area contributed by atoms with Crippen molar-refractivity contribution in [3.05, 3.63) is 108 Å². The number of aryl methyl sites for hydroxylation is 1. The number of carboxylic acid groups (broad SMARTS) is 1. The van der Waals surface area contributed by atoms with E-state index in [-0.39, 0.29) is 10.9 Å². The third-order valence-corrected chi connectivity index (χ3v) is 12.0. The van der Waals surface area contributed by atoms with Gasteiger partial charge in [-0.25, -0.2) is 4.79 Å². The molecule has 1 aromatic heterocycles. The second-order valence-electron chi connectivity index (χ2n) is 10.7. The molecule has 8 heteroatoms. The zero-order chi connectivity index (χ0) is 27.9. The van der Waals surface area contributed by atoms with Gasteiger partial charge in [-0.15, -0.1) is 10.2 Å². The Morgan fingerprint density at radius 1 is 0.923 bits per heavy atom. The Hall–Kier alpha value is -3.75. The summed E-state index contributed by atoms with van der Waals surface area (Å²) in [5.74, 6) is 0.666. The highest BCUT2D eigenvalue weighted by atomic mass is 28.4. The molecule has 0 saturated carbocycles. The molecule has 4 aromatic rings. The van der Waals surface area contributed by atoms with E-state index >= 15 is 0 Å². The lowest BCUT2D eigenvalue weighted by molar-refractivity contribution is 0.187. The van der Waals surface area contributed by atoms with Gasteiger partial charge in [0.25, 0.3) is 8.32 Å². The van der Waals surface area contributed by atoms with E-state index in [1.807, 2.05) is 24.3 Å². The van der Waals surface area contributed by atoms with E-state index in [1.165, 1.54) is 15.9 Å². The van der Waals surface area contributed by atoms with Crippen LogP contribution in [0.5, 0.6) is 0 Å². The maximum atomic E-state index is 11.5. The first-order valence-corrected chi connectivity index (χ1v) is 15.3. The van der Waals surface area contributed by atoms with Gasteiger partial charge >= 0.3 is 6.09 Å². The van der Waals surface area contributed by atoms with Gasteiger partial charge in [0, 0.05) is 19.4 Å². The fourth-order valence-electron chi connectivity index (χ4n) is 5.06. The molecule has 0 spiro atoms. The molecule has 1 atom stereocenters. The van der Waals surface area contributed by atoms with Gasteiger partial charge in [0.1, 0.15) is 6.04 Å². The summed E-state index contributed by atoms with van der Waals surface area (Å²) in [6, 6.07) is 28.4. The number of benzene rings is 3. The fraction of sp³-hybridized carbons (Fsp3) is 0.323. The van der Waals surface area contributed by atoms with Crippen molar-refractivity contribution >= 4 is 24.8 Å². The summed E-state index contributed by atoms with van der Waals surface area (Å²) in [5.41, 5.74) is 2.21. The van der Waals surface area contributed by atoms with Crippen LogP contribution in [0.3, 0.4) is 0 Å². The SMILES string of the molecule is CCc1ccc(C[C@H](NC(=O)O)c2nnc(CCO[Si](c3ccccc3)(c3ccccc3)C(C)(C)C)o2)cc1. The largest absolute Gasteiger partial charge is 0.465 e. The van der Waals surface area contributed by atoms with Crippen molar-refractivity contribution < 1.29 is 18.7 Å². The Balaban J connectivity index is 1.54. The van der Waals surface area contributed by atoms with E-state index in [2.05, 4.69) is 104 Å². The summed E-state index contributed by atoms with van der Waals surface area (Å²) < 4.78 is 12.9. The van der Waals surface area contributed by atoms with Gasteiger partial charge in [0.15, 0.2) is 0 Å². The van der Waals surface area contributed by atoms with E-state index in [0.29, 0.717) is 25.3 Å². The molecule has 0 aliphatic carbocycles. The number of nitrogens with one attached hydrogen (secondary N) is 1. The first kappa shape index (κ1) is 28.3. The highest BCUT2D eigenvalue weighted by Gasteiger charge is 2.50. The van der Waals surface area contributed by atoms with Crippen LogP contribution in [0.15, 0.2) is 89.3 Å². The van der Waals surface area contributed by atoms with Crippen molar-refractivity contribution in [3.63, 3.8) is 0 Å². The minimum Gasteiger partial charge on any atom is -0.465 e. The lowest BCUT2D eigenvalue weighted by atomic mass is 10.0. The van der Waals surface area contributed by atoms with Crippen LogP contribution in [0.2, 0.25) is 5.04 Å². The van der Waals surface area contributed by atoms with Gasteiger partial charge in [0.2, 0.25) is 11.8 Å². The van der Waals surface area contributed by atoms with Crippen molar-refractivity contribution in [1.29, 1.82) is 0 Å². The van der Waals surface area contributed by atoms with Gasteiger partial charge in [-0.05, 0) is 33.0 Å². The Bertz CT molecular complexity index is 1300. The molecule has 0 fully saturated rings. The minimum atomic E-state index is -2.68. The zero-order valence-electron chi connectivity index (χ0n) is 23.1. The molecule has 39 heavy (non-hydrogen) atoms. The molecule has 4 rings (SSSR count). The number of nitrogens with zero attached hydrogens (tertiary/aromatic N) is 2. The van der Waals surface area contributed by atoms with Crippen LogP contribution in [0.1, 0.15) is 56.6 Å². The zero-order valence-corrected chi connectivity index (χ0v) is 24.1. The second-order valence-corrected chi connectivity index (χ2v) is 15.0. The van der Waals surface area contributed by atoms with Crippen molar-refractivity contribution in [1.82, 2.24) is 15.5 Å². The smallest absolute Gasteiger partial charge is 0.405 e. The van der Waals surface area contributed by atoms with E-state index in [0.717, 1.165) is 12.0 Å². The van der Waals surface area contributed by atoms with Crippen LogP contribution in [-0.2, 0) is 23.7 Å². The maximum Gasteiger partial charge on any atom is 0.405 e. The van der Waals surface area contributed by atoms with Crippen LogP contribution in [0.4, 0.5) is 4.79 Å². The molecular weight excluding hydrogens is 506 g/mol. The predicted octanol–water partition coefficient (Wildman–Crippen LogP) is 5.30. The monoisotopic (exact) mass is 543 g/mol. The molecular formula is C31H37N3O4Si. The summed E-state index contributed by atoms with van der Waals surface area (Å²) in [4.78, 5) is 11.5. The summed E-state index contributed by atoms with van der Waals surface area (Å²) in [5, 5.41) is 22.6. The summed E-state index contributed by atoms with van der Waals surface area (Å²) in [6.45, 7) is 9.20. The molecule has 0 bridgehead atoms. The minimum absolute atomic E-state index is 0.139. The lowest BCUT2D eigenvalue weighted by Crippen LogP contribution is -2.66. The maximum absolute atomic E-state index is 11.5. The van der Waals surface area contributed by atoms with E-state index in [1.54, 1.807) is 0 Å². The molecule has 3 aromatic carbocycles. The number of hydrogen-bond acceptors (Lipinski definition) is 5. The fourth-order valence-corrected chi connectivity index (χ4v) is 9.62. The molecule has 0 saturated heterocycles. The number of amides is 1. The van der Waals surface area contributed by atoms with Crippen LogP contribution >= 0.6 is 0 Å². The molecule has 1 amide bonds. The van der Waals surface area contributed by atoms with Crippen LogP contribution in [-0.4, -0.2) is 36.3 Å². The average Bonchev–Trinajstić information content (AvgIpc) is 3.40. The summed E-state index contributed by atoms with van der Waals surface area (Å²) >= 11 is 0. The number of carbonyl (C=O) groups is 1. The standard InChI is InChI=1S/C31H37N3O4Si/c1-5-23-16-18-24(19-17-23)22-27(32-30(35)36)29-34-33-28(38-29)20-21-37-39(31(2,3)4,25-12-8-6-9-13-25)26-14-10-7-11-15-26/h6-19,27,32H,5,20-22H2,1-4H3,(H,35,36)/t27-/m0/s1. The Kier molecular flexibility index (Phi) is 8.99. The first-order chi connectivity index (χ1) is 18.7. The van der Waals surface area contributed by atoms with Gasteiger partial charge in [0.05, 0.1) is 0 Å². The van der Waals surface area contributed by atoms with Crippen LogP contribution in [0, 0.1) is 0 Å². The van der Waals surface area contributed by atoms with Crippen molar-refractivity contribution in [2.24, 2.45) is 0 Å². The molecule has 2 N–H and O–H groups in total. The van der Waals surface area contributed by atoms with E-state index < -0.39 is 20.5 Å². The second kappa shape index (κ2) is 12.4. The molecule has 0 aliphatic heterocycles. The topological polar surface area (TPSA) is 97.5 Å². The molecule has 204 valence electrons. The Morgan fingerprint density at radius 3 is 2.00 bits per heavy atom. The molecule has 1 heterocycles. The van der Waals surface area contributed by atoms with Crippen molar-refractivity contribution in [3.8, 4) is 0 Å². The highest BCUT2D eigenvalue weighted by Crippen LogP contribution is 2.36. The lowest BCUT2D eigenvalue weighted by Gasteiger charge is -2.43. The normalized spacial score (nSPS) is 12.7. The van der Waals surface area contributed by atoms with Crippen molar-refractivity contribution in [2.45, 2.75) is 58.0 Å². The van der Waals surface area contributed by atoms with E-state index in [9.17, 15) is 9.90 Å². The molecule has 0 unspecified atom stereocenters. The van der Waals surface area contributed by atoms with Gasteiger partial charge in [-0.2, -0.15) is 0 Å². The average molecular weight is 544 g/mol. The van der Waals surface area contributed by atoms with Crippen molar-refractivity contribution in [2.75, 3.05) is 6.61 Å². The van der Waals surface area contributed by atoms with Gasteiger partial charge in [-0.1, -0.05) is 113 Å². The molecule has 7 nitrogen and oxygen atoms in total. The predicted molar refractivity (Wildman–Crippen MR) is 155 cm³/mol. The third kappa shape index (κ3) is 6.64. The quantitative estimate of drug-likeness (QED) is 0.249. The first-order valence-electron chi connectivity index (χ1n) is 13.4. The van der Waals surface area contributed by atoms with E-state index in [4.69, 9.17) is 8.84 Å². The summed E-state index contributed by atoms with van der Waals surface area (Å²) in [6.07, 6.45) is 0.638. The van der Waals surface area contributed by atoms with Crippen LogP contribution in [0.25, 0.3) is 0 Å². The highest BCUT2D eigenvalue weighted by molar-refractivity contribution is 6.99. The number of rotatable bonds is 11. The summed E-state index contributed by atoms with van der Waals surface area (Å²) in [7, 11) is -2.68. The molecule has 0 aliphatic rings.